The van der Waals surface area contributed by atoms with E-state index in [-0.39, 0.29) is 29.6 Å². The van der Waals surface area contributed by atoms with Crippen LogP contribution in [0.1, 0.15) is 29.8 Å². The number of para-hydroxylation sites is 1. The van der Waals surface area contributed by atoms with Crippen LogP contribution in [0.25, 0.3) is 0 Å². The third-order valence-corrected chi connectivity index (χ3v) is 4.08. The van der Waals surface area contributed by atoms with Crippen molar-refractivity contribution in [2.24, 2.45) is 0 Å². The van der Waals surface area contributed by atoms with Crippen LogP contribution in [-0.4, -0.2) is 32.5 Å². The molecule has 0 saturated carbocycles. The van der Waals surface area contributed by atoms with Gasteiger partial charge in [-0.3, -0.25) is 14.3 Å². The van der Waals surface area contributed by atoms with Crippen molar-refractivity contribution in [3.05, 3.63) is 59.7 Å². The molecule has 27 heavy (non-hydrogen) atoms. The maximum Gasteiger partial charge on any atom is 0.257 e. The minimum Gasteiger partial charge on any atom is -0.354 e. The molecule has 0 fully saturated rings. The summed E-state index contributed by atoms with van der Waals surface area (Å²) in [6.07, 6.45) is 1.28. The third-order valence-electron chi connectivity index (χ3n) is 3.49. The van der Waals surface area contributed by atoms with Gasteiger partial charge in [-0.05, 0) is 43.7 Å². The maximum atomic E-state index is 12.5. The van der Waals surface area contributed by atoms with Crippen LogP contribution in [0.15, 0.2) is 48.5 Å². The second kappa shape index (κ2) is 8.68. The Balaban J connectivity index is 2.07. The van der Waals surface area contributed by atoms with Crippen LogP contribution >= 0.6 is 0 Å². The highest BCUT2D eigenvalue weighted by molar-refractivity contribution is 7.92. The molecule has 0 aliphatic carbocycles. The van der Waals surface area contributed by atoms with Gasteiger partial charge in [-0.25, -0.2) is 8.42 Å². The number of carbonyl (C=O) groups is 2. The van der Waals surface area contributed by atoms with Gasteiger partial charge in [0, 0.05) is 11.7 Å². The van der Waals surface area contributed by atoms with E-state index in [1.54, 1.807) is 36.4 Å². The fourth-order valence-electron chi connectivity index (χ4n) is 2.43. The first-order valence-corrected chi connectivity index (χ1v) is 10.3. The maximum absolute atomic E-state index is 12.5. The minimum atomic E-state index is -3.50. The van der Waals surface area contributed by atoms with Gasteiger partial charge in [0.1, 0.15) is 0 Å². The first-order valence-electron chi connectivity index (χ1n) is 8.40. The van der Waals surface area contributed by atoms with E-state index in [1.165, 1.54) is 12.1 Å². The van der Waals surface area contributed by atoms with Gasteiger partial charge in [0.2, 0.25) is 15.9 Å². The number of carbonyl (C=O) groups excluding carboxylic acids is 2. The van der Waals surface area contributed by atoms with Gasteiger partial charge >= 0.3 is 0 Å². The lowest BCUT2D eigenvalue weighted by Crippen LogP contribution is -2.31. The molecule has 0 aliphatic rings. The van der Waals surface area contributed by atoms with Gasteiger partial charge in [-0.15, -0.1) is 0 Å². The molecule has 0 heterocycles. The Morgan fingerprint density at radius 1 is 1.00 bits per heavy atom. The fourth-order valence-corrected chi connectivity index (χ4v) is 3.01. The molecule has 0 spiro atoms. The zero-order valence-electron chi connectivity index (χ0n) is 15.4. The lowest BCUT2D eigenvalue weighted by molar-refractivity contribution is -0.120. The van der Waals surface area contributed by atoms with Crippen LogP contribution in [-0.2, 0) is 21.2 Å². The summed E-state index contributed by atoms with van der Waals surface area (Å²) in [6.45, 7) is 3.79. The first-order chi connectivity index (χ1) is 12.6. The molecule has 0 unspecified atom stereocenters. The highest BCUT2D eigenvalue weighted by Gasteiger charge is 2.14. The molecule has 2 amide bonds. The molecule has 2 rings (SSSR count). The highest BCUT2D eigenvalue weighted by atomic mass is 32.2. The van der Waals surface area contributed by atoms with Crippen molar-refractivity contribution >= 4 is 33.2 Å². The quantitative estimate of drug-likeness (QED) is 0.676. The van der Waals surface area contributed by atoms with E-state index in [2.05, 4.69) is 15.4 Å². The zero-order valence-corrected chi connectivity index (χ0v) is 16.3. The molecule has 2 aromatic carbocycles. The lowest BCUT2D eigenvalue weighted by Gasteiger charge is -2.12. The predicted octanol–water partition coefficient (Wildman–Crippen LogP) is 2.38. The summed E-state index contributed by atoms with van der Waals surface area (Å²) in [5, 5.41) is 5.54. The number of hydrogen-bond donors (Lipinski definition) is 3. The third kappa shape index (κ3) is 6.74. The SMILES string of the molecule is CC(C)NC(=O)Cc1ccc(NC(=O)c2ccccc2NS(C)(=O)=O)cc1. The lowest BCUT2D eigenvalue weighted by atomic mass is 10.1. The molecule has 0 bridgehead atoms. The average Bonchev–Trinajstić information content (AvgIpc) is 2.55. The van der Waals surface area contributed by atoms with Gasteiger partial charge in [0.15, 0.2) is 0 Å². The Hall–Kier alpha value is -2.87. The summed E-state index contributed by atoms with van der Waals surface area (Å²) in [7, 11) is -3.50. The van der Waals surface area contributed by atoms with Gasteiger partial charge < -0.3 is 10.6 Å². The van der Waals surface area contributed by atoms with Crippen molar-refractivity contribution in [3.8, 4) is 0 Å². The largest absolute Gasteiger partial charge is 0.354 e. The van der Waals surface area contributed by atoms with Crippen molar-refractivity contribution in [1.82, 2.24) is 5.32 Å². The molecule has 7 nitrogen and oxygen atoms in total. The van der Waals surface area contributed by atoms with E-state index in [1.807, 2.05) is 13.8 Å². The molecule has 144 valence electrons. The molecular formula is C19H23N3O4S. The number of rotatable bonds is 7. The second-order valence-electron chi connectivity index (χ2n) is 6.47. The van der Waals surface area contributed by atoms with Gasteiger partial charge in [0.05, 0.1) is 23.9 Å². The predicted molar refractivity (Wildman–Crippen MR) is 106 cm³/mol. The van der Waals surface area contributed by atoms with Crippen LogP contribution in [0, 0.1) is 0 Å². The summed E-state index contributed by atoms with van der Waals surface area (Å²) in [5.74, 6) is -0.505. The molecule has 0 aliphatic heterocycles. The molecule has 2 aromatic rings. The summed E-state index contributed by atoms with van der Waals surface area (Å²) >= 11 is 0. The minimum absolute atomic E-state index is 0.0671. The molecule has 0 saturated heterocycles. The Kier molecular flexibility index (Phi) is 6.57. The van der Waals surface area contributed by atoms with Gasteiger partial charge in [-0.2, -0.15) is 0 Å². The topological polar surface area (TPSA) is 104 Å². The number of anilines is 2. The Bertz CT molecular complexity index is 922. The molecule has 0 aromatic heterocycles. The Morgan fingerprint density at radius 2 is 1.63 bits per heavy atom. The first kappa shape index (κ1) is 20.4. The van der Waals surface area contributed by atoms with Crippen LogP contribution in [0.5, 0.6) is 0 Å². The van der Waals surface area contributed by atoms with E-state index < -0.39 is 15.9 Å². The number of sulfonamides is 1. The summed E-state index contributed by atoms with van der Waals surface area (Å²) in [5.41, 5.74) is 1.79. The van der Waals surface area contributed by atoms with Crippen molar-refractivity contribution in [2.45, 2.75) is 26.3 Å². The van der Waals surface area contributed by atoms with Crippen molar-refractivity contribution < 1.29 is 18.0 Å². The van der Waals surface area contributed by atoms with E-state index in [9.17, 15) is 18.0 Å². The van der Waals surface area contributed by atoms with E-state index >= 15 is 0 Å². The van der Waals surface area contributed by atoms with Gasteiger partial charge in [-0.1, -0.05) is 24.3 Å². The molecule has 8 heteroatoms. The average molecular weight is 389 g/mol. The summed E-state index contributed by atoms with van der Waals surface area (Å²) in [6, 6.07) is 13.3. The molecule has 3 N–H and O–H groups in total. The Labute approximate surface area is 159 Å². The van der Waals surface area contributed by atoms with Crippen LogP contribution in [0.2, 0.25) is 0 Å². The zero-order chi connectivity index (χ0) is 20.0. The number of hydrogen-bond acceptors (Lipinski definition) is 4. The molecule has 0 atom stereocenters. The smallest absolute Gasteiger partial charge is 0.257 e. The normalized spacial score (nSPS) is 11.1. The molecular weight excluding hydrogens is 366 g/mol. The van der Waals surface area contributed by atoms with Gasteiger partial charge in [0.25, 0.3) is 5.91 Å². The highest BCUT2D eigenvalue weighted by Crippen LogP contribution is 2.19. The second-order valence-corrected chi connectivity index (χ2v) is 8.22. The summed E-state index contributed by atoms with van der Waals surface area (Å²) < 4.78 is 25.2. The monoisotopic (exact) mass is 389 g/mol. The van der Waals surface area contributed by atoms with Crippen molar-refractivity contribution in [2.75, 3.05) is 16.3 Å². The number of benzene rings is 2. The van der Waals surface area contributed by atoms with Crippen molar-refractivity contribution in [1.29, 1.82) is 0 Å². The standard InChI is InChI=1S/C19H23N3O4S/c1-13(2)20-18(23)12-14-8-10-15(11-9-14)21-19(24)16-6-4-5-7-17(16)22-27(3,25)26/h4-11,13,22H,12H2,1-3H3,(H,20,23)(H,21,24). The van der Waals surface area contributed by atoms with Crippen LogP contribution in [0.4, 0.5) is 11.4 Å². The summed E-state index contributed by atoms with van der Waals surface area (Å²) in [4.78, 5) is 24.3. The fraction of sp³-hybridized carbons (Fsp3) is 0.263. The van der Waals surface area contributed by atoms with E-state index in [0.717, 1.165) is 11.8 Å². The van der Waals surface area contributed by atoms with Crippen LogP contribution < -0.4 is 15.4 Å². The Morgan fingerprint density at radius 3 is 2.22 bits per heavy atom. The number of amides is 2. The van der Waals surface area contributed by atoms with E-state index in [0.29, 0.717) is 5.69 Å². The van der Waals surface area contributed by atoms with E-state index in [4.69, 9.17) is 0 Å². The van der Waals surface area contributed by atoms with Crippen molar-refractivity contribution in [3.63, 3.8) is 0 Å². The van der Waals surface area contributed by atoms with Crippen LogP contribution in [0.3, 0.4) is 0 Å². The number of nitrogens with one attached hydrogen (secondary N) is 3. The molecule has 0 radical (unpaired) electrons.